The second-order valence-electron chi connectivity index (χ2n) is 9.26. The Hall–Kier alpha value is -4.33. The number of methoxy groups -OCH3 is 1. The van der Waals surface area contributed by atoms with E-state index >= 15 is 0 Å². The topological polar surface area (TPSA) is 102 Å². The average Bonchev–Trinajstić information content (AvgIpc) is 3.41. The zero-order valence-electron chi connectivity index (χ0n) is 18.9. The summed E-state index contributed by atoms with van der Waals surface area (Å²) in [6.45, 7) is 5.03. The lowest BCUT2D eigenvalue weighted by molar-refractivity contribution is 0.0256. The number of carbonyl (C=O) groups excluding carboxylic acids is 3. The van der Waals surface area contributed by atoms with E-state index in [0.29, 0.717) is 43.5 Å². The molecule has 0 saturated heterocycles. The minimum absolute atomic E-state index is 0.132. The molecule has 0 saturated carbocycles. The van der Waals surface area contributed by atoms with E-state index in [2.05, 4.69) is 4.98 Å². The second kappa shape index (κ2) is 6.60. The molecule has 3 aromatic carbocycles. The average molecular weight is 456 g/mol. The van der Waals surface area contributed by atoms with Crippen molar-refractivity contribution in [3.05, 3.63) is 53.6 Å². The molecule has 0 unspecified atom stereocenters. The van der Waals surface area contributed by atoms with Gasteiger partial charge in [0.05, 0.1) is 23.8 Å². The Kier molecular flexibility index (Phi) is 3.94. The van der Waals surface area contributed by atoms with Crippen molar-refractivity contribution in [2.45, 2.75) is 26.4 Å². The van der Waals surface area contributed by atoms with Crippen LogP contribution in [-0.2, 0) is 4.74 Å². The lowest BCUT2D eigenvalue weighted by Crippen LogP contribution is -2.40. The molecule has 8 heteroatoms. The third kappa shape index (κ3) is 2.62. The molecule has 3 amide bonds. The first-order chi connectivity index (χ1) is 16.2. The van der Waals surface area contributed by atoms with E-state index < -0.39 is 23.5 Å². The number of para-hydroxylation sites is 1. The number of imide groups is 3. The SMILES string of the molecule is COc1ccc2c(c1)oc1c3[nH]c4ccccc4c3c3c(c21)C(=O)N(C(=O)OC(C)(C)C)C3=O. The summed E-state index contributed by atoms with van der Waals surface area (Å²) in [6.07, 6.45) is -1.01. The maximum atomic E-state index is 13.6. The Morgan fingerprint density at radius 1 is 0.971 bits per heavy atom. The predicted molar refractivity (Wildman–Crippen MR) is 126 cm³/mol. The highest BCUT2D eigenvalue weighted by Crippen LogP contribution is 2.45. The van der Waals surface area contributed by atoms with Crippen molar-refractivity contribution < 1.29 is 28.3 Å². The summed E-state index contributed by atoms with van der Waals surface area (Å²) < 4.78 is 16.9. The van der Waals surface area contributed by atoms with Crippen molar-refractivity contribution >= 4 is 61.7 Å². The van der Waals surface area contributed by atoms with Crippen LogP contribution in [-0.4, -0.2) is 40.5 Å². The highest BCUT2D eigenvalue weighted by molar-refractivity contribution is 6.41. The number of hydrogen-bond acceptors (Lipinski definition) is 6. The Morgan fingerprint density at radius 2 is 1.68 bits per heavy atom. The number of nitrogens with zero attached hydrogens (tertiary/aromatic N) is 1. The fourth-order valence-corrected chi connectivity index (χ4v) is 4.67. The number of amides is 3. The third-order valence-corrected chi connectivity index (χ3v) is 5.99. The summed E-state index contributed by atoms with van der Waals surface area (Å²) in [4.78, 5) is 44.1. The molecule has 3 heterocycles. The molecule has 34 heavy (non-hydrogen) atoms. The maximum absolute atomic E-state index is 13.6. The first kappa shape index (κ1) is 20.3. The normalized spacial score (nSPS) is 14.1. The van der Waals surface area contributed by atoms with Crippen LogP contribution in [0.1, 0.15) is 41.5 Å². The van der Waals surface area contributed by atoms with Crippen LogP contribution in [0, 0.1) is 0 Å². The molecule has 2 aromatic heterocycles. The van der Waals surface area contributed by atoms with Crippen LogP contribution < -0.4 is 4.74 Å². The van der Waals surface area contributed by atoms with Crippen LogP contribution in [0.5, 0.6) is 5.75 Å². The molecule has 0 fully saturated rings. The summed E-state index contributed by atoms with van der Waals surface area (Å²) in [5.41, 5.74) is 1.70. The van der Waals surface area contributed by atoms with Gasteiger partial charge in [0.25, 0.3) is 11.8 Å². The molecule has 1 aliphatic heterocycles. The van der Waals surface area contributed by atoms with Gasteiger partial charge in [0.2, 0.25) is 0 Å². The van der Waals surface area contributed by atoms with Crippen molar-refractivity contribution in [2.24, 2.45) is 0 Å². The maximum Gasteiger partial charge on any atom is 0.424 e. The minimum Gasteiger partial charge on any atom is -0.497 e. The quantitative estimate of drug-likeness (QED) is 0.322. The zero-order chi connectivity index (χ0) is 23.9. The van der Waals surface area contributed by atoms with Gasteiger partial charge in [0.1, 0.15) is 16.9 Å². The number of fused-ring (bicyclic) bond motifs is 10. The summed E-state index contributed by atoms with van der Waals surface area (Å²) in [5, 5.41) is 2.39. The molecule has 0 aliphatic carbocycles. The lowest BCUT2D eigenvalue weighted by Gasteiger charge is -2.22. The van der Waals surface area contributed by atoms with E-state index in [1.807, 2.05) is 24.3 Å². The molecule has 0 spiro atoms. The molecule has 6 rings (SSSR count). The van der Waals surface area contributed by atoms with Crippen LogP contribution in [0.4, 0.5) is 4.79 Å². The minimum atomic E-state index is -1.01. The molecule has 0 radical (unpaired) electrons. The molecule has 8 nitrogen and oxygen atoms in total. The van der Waals surface area contributed by atoms with Gasteiger partial charge in [-0.2, -0.15) is 4.90 Å². The Balaban J connectivity index is 1.76. The number of ether oxygens (including phenoxy) is 2. The highest BCUT2D eigenvalue weighted by atomic mass is 16.6. The van der Waals surface area contributed by atoms with Crippen molar-refractivity contribution in [3.63, 3.8) is 0 Å². The van der Waals surface area contributed by atoms with Gasteiger partial charge in [0.15, 0.2) is 5.58 Å². The lowest BCUT2D eigenvalue weighted by atomic mass is 9.97. The second-order valence-corrected chi connectivity index (χ2v) is 9.26. The number of benzene rings is 3. The Morgan fingerprint density at radius 3 is 2.38 bits per heavy atom. The summed E-state index contributed by atoms with van der Waals surface area (Å²) in [5.74, 6) is -0.854. The fourth-order valence-electron chi connectivity index (χ4n) is 4.67. The van der Waals surface area contributed by atoms with Gasteiger partial charge in [-0.05, 0) is 39.0 Å². The van der Waals surface area contributed by atoms with Crippen molar-refractivity contribution in [2.75, 3.05) is 7.11 Å². The zero-order valence-corrected chi connectivity index (χ0v) is 18.9. The van der Waals surface area contributed by atoms with Gasteiger partial charge in [-0.3, -0.25) is 9.59 Å². The number of nitrogens with one attached hydrogen (secondary N) is 1. The van der Waals surface area contributed by atoms with E-state index in [-0.39, 0.29) is 11.1 Å². The van der Waals surface area contributed by atoms with Gasteiger partial charge in [0, 0.05) is 33.1 Å². The van der Waals surface area contributed by atoms with Crippen molar-refractivity contribution in [1.82, 2.24) is 9.88 Å². The van der Waals surface area contributed by atoms with Gasteiger partial charge < -0.3 is 18.9 Å². The molecule has 0 atom stereocenters. The van der Waals surface area contributed by atoms with Gasteiger partial charge in [-0.25, -0.2) is 4.79 Å². The first-order valence-corrected chi connectivity index (χ1v) is 10.8. The van der Waals surface area contributed by atoms with Crippen LogP contribution in [0.25, 0.3) is 43.7 Å². The largest absolute Gasteiger partial charge is 0.497 e. The van der Waals surface area contributed by atoms with Gasteiger partial charge in [-0.15, -0.1) is 0 Å². The van der Waals surface area contributed by atoms with E-state index in [9.17, 15) is 14.4 Å². The number of aromatic nitrogens is 1. The number of carbonyl (C=O) groups is 3. The smallest absolute Gasteiger partial charge is 0.424 e. The van der Waals surface area contributed by atoms with Crippen LogP contribution in [0.3, 0.4) is 0 Å². The van der Waals surface area contributed by atoms with Gasteiger partial charge in [-0.1, -0.05) is 18.2 Å². The van der Waals surface area contributed by atoms with Crippen LogP contribution in [0.2, 0.25) is 0 Å². The van der Waals surface area contributed by atoms with Crippen LogP contribution in [0.15, 0.2) is 46.9 Å². The number of H-pyrrole nitrogens is 1. The number of hydrogen-bond donors (Lipinski definition) is 1. The van der Waals surface area contributed by atoms with E-state index in [0.717, 1.165) is 10.9 Å². The number of furan rings is 1. The third-order valence-electron chi connectivity index (χ3n) is 5.99. The molecule has 0 bridgehead atoms. The molecular formula is C26H20N2O6. The van der Waals surface area contributed by atoms with E-state index in [1.54, 1.807) is 46.1 Å². The van der Waals surface area contributed by atoms with Crippen molar-refractivity contribution in [1.29, 1.82) is 0 Å². The molecule has 1 aliphatic rings. The summed E-state index contributed by atoms with van der Waals surface area (Å²) in [7, 11) is 1.55. The number of rotatable bonds is 1. The first-order valence-electron chi connectivity index (χ1n) is 10.8. The molecular weight excluding hydrogens is 436 g/mol. The fraction of sp³-hybridized carbons (Fsp3) is 0.192. The highest BCUT2D eigenvalue weighted by Gasteiger charge is 2.46. The standard InChI is InChI=1S/C26H20N2O6/c1-26(2,3)34-25(31)28-23(29)19-17-13-7-5-6-8-15(13)27-21(17)22-18(20(19)24(28)30)14-10-9-12(32-4)11-16(14)33-22/h5-11,27H,1-4H3. The monoisotopic (exact) mass is 456 g/mol. The predicted octanol–water partition coefficient (Wildman–Crippen LogP) is 5.76. The van der Waals surface area contributed by atoms with E-state index in [1.165, 1.54) is 0 Å². The number of aromatic amines is 1. The molecule has 1 N–H and O–H groups in total. The summed E-state index contributed by atoms with van der Waals surface area (Å²) in [6, 6.07) is 12.7. The Bertz CT molecular complexity index is 1720. The molecule has 5 aromatic rings. The van der Waals surface area contributed by atoms with Crippen molar-refractivity contribution in [3.8, 4) is 5.75 Å². The molecule has 170 valence electrons. The van der Waals surface area contributed by atoms with Crippen LogP contribution >= 0.6 is 0 Å². The Labute approximate surface area is 193 Å². The van der Waals surface area contributed by atoms with Gasteiger partial charge >= 0.3 is 6.09 Å². The summed E-state index contributed by atoms with van der Waals surface area (Å²) >= 11 is 0. The van der Waals surface area contributed by atoms with E-state index in [4.69, 9.17) is 13.9 Å².